The first kappa shape index (κ1) is 30.8. The third-order valence-corrected chi connectivity index (χ3v) is 9.34. The highest BCUT2D eigenvalue weighted by Gasteiger charge is 2.27. The van der Waals surface area contributed by atoms with E-state index in [0.717, 1.165) is 29.4 Å². The van der Waals surface area contributed by atoms with Gasteiger partial charge in [-0.15, -0.1) is 0 Å². The van der Waals surface area contributed by atoms with Crippen LogP contribution in [0.5, 0.6) is 0 Å². The second-order valence-corrected chi connectivity index (χ2v) is 14.8. The molecule has 0 spiro atoms. The average molecular weight is 788 g/mol. The van der Waals surface area contributed by atoms with Gasteiger partial charge in [-0.05, 0) is 128 Å². The smallest absolute Gasteiger partial charge is 0.266 e. The van der Waals surface area contributed by atoms with Gasteiger partial charge in [0.2, 0.25) is 0 Å². The SMILES string of the molecule is CC(C)c1cc(I)cc(C(C)C)c1-n1c(=O)c2cc3c(=O)n(-c4c(C(C)C)cc(I)cc4C(C)C)c(=O)c3cc2c1=O. The van der Waals surface area contributed by atoms with Crippen molar-refractivity contribution in [2.75, 3.05) is 0 Å². The van der Waals surface area contributed by atoms with Crippen LogP contribution in [0.4, 0.5) is 0 Å². The zero-order valence-corrected chi connectivity index (χ0v) is 29.4. The minimum atomic E-state index is -0.471. The van der Waals surface area contributed by atoms with E-state index in [9.17, 15) is 19.2 Å². The largest absolute Gasteiger partial charge is 0.268 e. The molecule has 5 aromatic rings. The van der Waals surface area contributed by atoms with Crippen LogP contribution in [0.25, 0.3) is 32.9 Å². The fourth-order valence-electron chi connectivity index (χ4n) is 5.94. The molecule has 2 heterocycles. The van der Waals surface area contributed by atoms with Crippen LogP contribution in [0.3, 0.4) is 0 Å². The number of halogens is 2. The van der Waals surface area contributed by atoms with Crippen molar-refractivity contribution in [1.29, 1.82) is 0 Å². The van der Waals surface area contributed by atoms with Gasteiger partial charge in [-0.3, -0.25) is 19.2 Å². The van der Waals surface area contributed by atoms with Crippen LogP contribution in [-0.4, -0.2) is 9.13 Å². The summed E-state index contributed by atoms with van der Waals surface area (Å²) in [6, 6.07) is 11.0. The Balaban J connectivity index is 1.89. The number of hydrogen-bond donors (Lipinski definition) is 0. The Hall–Kier alpha value is -2.60. The summed E-state index contributed by atoms with van der Waals surface area (Å²) in [5.74, 6) is 0.268. The third-order valence-electron chi connectivity index (χ3n) is 8.09. The molecule has 218 valence electrons. The number of rotatable bonds is 6. The summed E-state index contributed by atoms with van der Waals surface area (Å²) < 4.78 is 4.57. The van der Waals surface area contributed by atoms with Crippen molar-refractivity contribution in [3.8, 4) is 11.4 Å². The first-order valence-electron chi connectivity index (χ1n) is 14.3. The lowest BCUT2D eigenvalue weighted by molar-refractivity contribution is 0.794. The van der Waals surface area contributed by atoms with Gasteiger partial charge in [0, 0.05) is 7.14 Å². The molecule has 0 saturated heterocycles. The topological polar surface area (TPSA) is 78.1 Å². The zero-order valence-electron chi connectivity index (χ0n) is 25.1. The predicted molar refractivity (Wildman–Crippen MR) is 189 cm³/mol. The normalized spacial score (nSPS) is 12.3. The molecule has 0 aliphatic rings. The molecule has 0 aliphatic heterocycles. The third kappa shape index (κ3) is 4.82. The molecule has 6 nitrogen and oxygen atoms in total. The molecule has 0 saturated carbocycles. The van der Waals surface area contributed by atoms with Crippen LogP contribution >= 0.6 is 45.2 Å². The molecule has 42 heavy (non-hydrogen) atoms. The van der Waals surface area contributed by atoms with E-state index in [4.69, 9.17) is 0 Å². The Morgan fingerprint density at radius 3 is 0.833 bits per heavy atom. The minimum absolute atomic E-state index is 0.0671. The number of aromatic nitrogens is 2. The van der Waals surface area contributed by atoms with E-state index < -0.39 is 22.2 Å². The van der Waals surface area contributed by atoms with Crippen LogP contribution in [0.2, 0.25) is 0 Å². The monoisotopic (exact) mass is 788 g/mol. The Bertz CT molecular complexity index is 1820. The maximum atomic E-state index is 14.0. The van der Waals surface area contributed by atoms with Gasteiger partial charge < -0.3 is 0 Å². The molecule has 3 aromatic carbocycles. The second-order valence-electron chi connectivity index (χ2n) is 12.3. The average Bonchev–Trinajstić information content (AvgIpc) is 3.30. The molecule has 0 bridgehead atoms. The molecule has 0 unspecified atom stereocenters. The van der Waals surface area contributed by atoms with Crippen molar-refractivity contribution in [1.82, 2.24) is 9.13 Å². The molecular weight excluding hydrogens is 754 g/mol. The van der Waals surface area contributed by atoms with Crippen molar-refractivity contribution >= 4 is 66.7 Å². The molecule has 0 aliphatic carbocycles. The summed E-state index contributed by atoms with van der Waals surface area (Å²) in [5, 5.41) is 0.613. The van der Waals surface area contributed by atoms with Gasteiger partial charge in [-0.2, -0.15) is 0 Å². The van der Waals surface area contributed by atoms with Gasteiger partial charge in [0.15, 0.2) is 0 Å². The van der Waals surface area contributed by atoms with E-state index in [0.29, 0.717) is 11.4 Å². The predicted octanol–water partition coefficient (Wildman–Crippen LogP) is 7.59. The lowest BCUT2D eigenvalue weighted by Crippen LogP contribution is -2.27. The van der Waals surface area contributed by atoms with Crippen LogP contribution < -0.4 is 22.2 Å². The lowest BCUT2D eigenvalue weighted by Gasteiger charge is -2.20. The quantitative estimate of drug-likeness (QED) is 0.166. The molecule has 0 amide bonds. The van der Waals surface area contributed by atoms with Gasteiger partial charge in [-0.1, -0.05) is 55.4 Å². The van der Waals surface area contributed by atoms with Crippen LogP contribution in [0.15, 0.2) is 55.6 Å². The molecule has 0 radical (unpaired) electrons. The second kappa shape index (κ2) is 11.2. The summed E-state index contributed by atoms with van der Waals surface area (Å²) in [4.78, 5) is 56.0. The summed E-state index contributed by atoms with van der Waals surface area (Å²) in [7, 11) is 0. The van der Waals surface area contributed by atoms with Crippen LogP contribution in [0, 0.1) is 7.14 Å². The van der Waals surface area contributed by atoms with E-state index in [1.54, 1.807) is 0 Å². The van der Waals surface area contributed by atoms with E-state index in [-0.39, 0.29) is 45.2 Å². The molecule has 0 atom stereocenters. The van der Waals surface area contributed by atoms with Gasteiger partial charge >= 0.3 is 0 Å². The van der Waals surface area contributed by atoms with Crippen molar-refractivity contribution in [2.24, 2.45) is 0 Å². The molecule has 2 aromatic heterocycles. The Morgan fingerprint density at radius 2 is 0.643 bits per heavy atom. The minimum Gasteiger partial charge on any atom is -0.268 e. The summed E-state index contributed by atoms with van der Waals surface area (Å²) in [6.07, 6.45) is 0. The van der Waals surface area contributed by atoms with Crippen molar-refractivity contribution in [3.05, 3.63) is 107 Å². The van der Waals surface area contributed by atoms with Gasteiger partial charge in [0.05, 0.1) is 32.9 Å². The fraction of sp³-hybridized carbons (Fsp3) is 0.353. The summed E-state index contributed by atoms with van der Waals surface area (Å²) in [5.41, 5.74) is 2.96. The first-order valence-corrected chi connectivity index (χ1v) is 16.4. The fourth-order valence-corrected chi connectivity index (χ4v) is 7.28. The Morgan fingerprint density at radius 1 is 0.429 bits per heavy atom. The molecule has 5 rings (SSSR count). The lowest BCUT2D eigenvalue weighted by atomic mass is 9.92. The van der Waals surface area contributed by atoms with Crippen LogP contribution in [0.1, 0.15) is 101 Å². The van der Waals surface area contributed by atoms with Crippen molar-refractivity contribution in [2.45, 2.75) is 79.1 Å². The first-order chi connectivity index (χ1) is 19.6. The van der Waals surface area contributed by atoms with Crippen molar-refractivity contribution in [3.63, 3.8) is 0 Å². The molecular formula is C34H34I2N2O4. The number of benzene rings is 3. The number of hydrogen-bond acceptors (Lipinski definition) is 4. The van der Waals surface area contributed by atoms with E-state index in [1.165, 1.54) is 21.3 Å². The number of nitrogens with zero attached hydrogens (tertiary/aromatic N) is 2. The molecule has 8 heteroatoms. The highest BCUT2D eigenvalue weighted by Crippen LogP contribution is 2.34. The van der Waals surface area contributed by atoms with E-state index in [2.05, 4.69) is 45.2 Å². The van der Waals surface area contributed by atoms with Gasteiger partial charge in [-0.25, -0.2) is 9.13 Å². The van der Waals surface area contributed by atoms with E-state index in [1.807, 2.05) is 79.7 Å². The zero-order chi connectivity index (χ0) is 30.9. The maximum absolute atomic E-state index is 14.0. The summed E-state index contributed by atoms with van der Waals surface area (Å²) >= 11 is 4.53. The van der Waals surface area contributed by atoms with Crippen LogP contribution in [-0.2, 0) is 0 Å². The molecule has 0 fully saturated rings. The van der Waals surface area contributed by atoms with Crippen molar-refractivity contribution < 1.29 is 0 Å². The molecule has 0 N–H and O–H groups in total. The highest BCUT2D eigenvalue weighted by molar-refractivity contribution is 14.1. The Kier molecular flexibility index (Phi) is 8.19. The van der Waals surface area contributed by atoms with Gasteiger partial charge in [0.25, 0.3) is 22.2 Å². The van der Waals surface area contributed by atoms with Gasteiger partial charge in [0.1, 0.15) is 0 Å². The van der Waals surface area contributed by atoms with E-state index >= 15 is 0 Å². The maximum Gasteiger partial charge on any atom is 0.266 e. The Labute approximate surface area is 271 Å². The standard InChI is InChI=1S/C34H34I2N2O4/c1-15(2)21-9-19(35)10-22(16(3)4)29(21)37-31(39)25-13-27-28(14-26(25)32(37)40)34(42)38(33(27)41)30-23(17(5)6)11-20(36)12-24(30)18(7)8/h9-18H,1-8H3. The summed E-state index contributed by atoms with van der Waals surface area (Å²) in [6.45, 7) is 16.3. The number of fused-ring (bicyclic) bond motifs is 2. The highest BCUT2D eigenvalue weighted by atomic mass is 127.